The van der Waals surface area contributed by atoms with Gasteiger partial charge >= 0.3 is 11.9 Å². The van der Waals surface area contributed by atoms with Crippen molar-refractivity contribution >= 4 is 17.9 Å². The van der Waals surface area contributed by atoms with Crippen LogP contribution in [-0.4, -0.2) is 75.5 Å². The minimum atomic E-state index is -1.14. The summed E-state index contributed by atoms with van der Waals surface area (Å²) in [5.41, 5.74) is 0. The van der Waals surface area contributed by atoms with E-state index in [1.54, 1.807) is 21.1 Å². The molecule has 0 aliphatic carbocycles. The summed E-state index contributed by atoms with van der Waals surface area (Å²) in [5.74, 6) is -1.85. The van der Waals surface area contributed by atoms with E-state index < -0.39 is 24.1 Å². The first-order chi connectivity index (χ1) is 23.6. The van der Waals surface area contributed by atoms with E-state index in [-0.39, 0.29) is 43.1 Å². The Hall–Kier alpha value is -2.97. The van der Waals surface area contributed by atoms with Crippen molar-refractivity contribution in [2.24, 2.45) is 0 Å². The number of carboxylic acid groups (broad SMARTS) is 1. The molecule has 8 nitrogen and oxygen atoms in total. The van der Waals surface area contributed by atoms with Crippen molar-refractivity contribution in [1.82, 2.24) is 0 Å². The third-order valence-corrected chi connectivity index (χ3v) is 7.93. The fraction of sp³-hybridized carbons (Fsp3) is 0.683. The second-order valence-electron chi connectivity index (χ2n) is 13.4. The topological polar surface area (TPSA) is 102 Å². The molecular weight excluding hydrogens is 618 g/mol. The first-order valence-electron chi connectivity index (χ1n) is 18.8. The van der Waals surface area contributed by atoms with Crippen LogP contribution in [0.5, 0.6) is 0 Å². The van der Waals surface area contributed by atoms with Crippen molar-refractivity contribution in [1.29, 1.82) is 0 Å². The van der Waals surface area contributed by atoms with Gasteiger partial charge in [-0.15, -0.1) is 0 Å². The van der Waals surface area contributed by atoms with Crippen LogP contribution in [0, 0.1) is 0 Å². The van der Waals surface area contributed by atoms with Gasteiger partial charge in [0.05, 0.1) is 40.3 Å². The molecular formula is C41H69NO7. The lowest BCUT2D eigenvalue weighted by atomic mass is 10.1. The lowest BCUT2D eigenvalue weighted by Crippen LogP contribution is -2.55. The molecule has 0 radical (unpaired) electrons. The molecule has 0 saturated heterocycles. The Morgan fingerprint density at radius 1 is 0.633 bits per heavy atom. The lowest BCUT2D eigenvalue weighted by Gasteiger charge is -2.34. The van der Waals surface area contributed by atoms with E-state index in [1.807, 2.05) is 12.2 Å². The molecule has 280 valence electrons. The molecule has 0 fully saturated rings. The van der Waals surface area contributed by atoms with E-state index in [9.17, 15) is 19.5 Å². The minimum absolute atomic E-state index is 0.00956. The summed E-state index contributed by atoms with van der Waals surface area (Å²) in [6.07, 6.45) is 36.9. The van der Waals surface area contributed by atoms with Crippen LogP contribution >= 0.6 is 0 Å². The van der Waals surface area contributed by atoms with Crippen LogP contribution in [0.4, 0.5) is 0 Å². The highest BCUT2D eigenvalue weighted by molar-refractivity contribution is 5.70. The number of ether oxygens (including phenoxy) is 3. The summed E-state index contributed by atoms with van der Waals surface area (Å²) < 4.78 is 17.0. The summed E-state index contributed by atoms with van der Waals surface area (Å²) in [6.45, 7) is 4.41. The number of carbonyl (C=O) groups is 3. The van der Waals surface area contributed by atoms with E-state index >= 15 is 0 Å². The van der Waals surface area contributed by atoms with Crippen molar-refractivity contribution in [3.05, 3.63) is 60.8 Å². The number of nitrogens with zero attached hydrogens (tertiary/aromatic N) is 1. The molecule has 0 spiro atoms. The van der Waals surface area contributed by atoms with Crippen LogP contribution in [0.25, 0.3) is 0 Å². The summed E-state index contributed by atoms with van der Waals surface area (Å²) in [4.78, 5) is 36.5. The second-order valence-corrected chi connectivity index (χ2v) is 13.4. The van der Waals surface area contributed by atoms with E-state index in [4.69, 9.17) is 14.2 Å². The predicted molar refractivity (Wildman–Crippen MR) is 199 cm³/mol. The molecule has 0 aliphatic rings. The second kappa shape index (κ2) is 32.2. The molecule has 0 rings (SSSR count). The Balaban J connectivity index is 4.57. The third kappa shape index (κ3) is 30.8. The van der Waals surface area contributed by atoms with Gasteiger partial charge < -0.3 is 28.6 Å². The van der Waals surface area contributed by atoms with Crippen LogP contribution in [0.15, 0.2) is 60.8 Å². The lowest BCUT2D eigenvalue weighted by molar-refractivity contribution is -0.889. The molecule has 0 heterocycles. The SMILES string of the molecule is CC/C=C/C/C=C/C/C=C/C/C=C/C/C=C/CCC(=O)OC(COCCC(C(=O)[O-])[N+](C)(C)C)COC(=O)CCCCCCCCCCC. The molecule has 0 aromatic heterocycles. The molecule has 0 amide bonds. The van der Waals surface area contributed by atoms with Gasteiger partial charge in [-0.2, -0.15) is 0 Å². The fourth-order valence-electron chi connectivity index (χ4n) is 5.00. The van der Waals surface area contributed by atoms with Gasteiger partial charge in [0.2, 0.25) is 0 Å². The Morgan fingerprint density at radius 2 is 1.14 bits per heavy atom. The zero-order valence-electron chi connectivity index (χ0n) is 31.6. The van der Waals surface area contributed by atoms with Gasteiger partial charge in [-0.05, 0) is 44.9 Å². The predicted octanol–water partition coefficient (Wildman–Crippen LogP) is 8.13. The number of aliphatic carboxylic acids is 1. The van der Waals surface area contributed by atoms with Gasteiger partial charge in [0, 0.05) is 19.3 Å². The van der Waals surface area contributed by atoms with Crippen molar-refractivity contribution in [3.8, 4) is 0 Å². The zero-order chi connectivity index (χ0) is 36.4. The van der Waals surface area contributed by atoms with Crippen molar-refractivity contribution in [3.63, 3.8) is 0 Å². The Bertz CT molecular complexity index is 990. The molecule has 8 heteroatoms. The summed E-state index contributed by atoms with van der Waals surface area (Å²) >= 11 is 0. The number of hydrogen-bond donors (Lipinski definition) is 0. The molecule has 49 heavy (non-hydrogen) atoms. The van der Waals surface area contributed by atoms with Gasteiger partial charge in [-0.3, -0.25) is 9.59 Å². The van der Waals surface area contributed by atoms with E-state index in [0.29, 0.717) is 12.8 Å². The van der Waals surface area contributed by atoms with Crippen LogP contribution in [0.2, 0.25) is 0 Å². The molecule has 0 N–H and O–H groups in total. The first-order valence-corrected chi connectivity index (χ1v) is 18.8. The third-order valence-electron chi connectivity index (χ3n) is 7.93. The quantitative estimate of drug-likeness (QED) is 0.0305. The van der Waals surface area contributed by atoms with Crippen LogP contribution in [0.1, 0.15) is 129 Å². The summed E-state index contributed by atoms with van der Waals surface area (Å²) in [6, 6.07) is -0.737. The minimum Gasteiger partial charge on any atom is -0.544 e. The van der Waals surface area contributed by atoms with Gasteiger partial charge in [0.1, 0.15) is 12.6 Å². The van der Waals surface area contributed by atoms with Crippen LogP contribution < -0.4 is 5.11 Å². The summed E-state index contributed by atoms with van der Waals surface area (Å²) in [5, 5.41) is 11.6. The number of unbranched alkanes of at least 4 members (excludes halogenated alkanes) is 8. The van der Waals surface area contributed by atoms with E-state index in [1.165, 1.54) is 38.5 Å². The van der Waals surface area contributed by atoms with Crippen molar-refractivity contribution in [2.45, 2.75) is 142 Å². The van der Waals surface area contributed by atoms with Crippen LogP contribution in [-0.2, 0) is 28.6 Å². The fourth-order valence-corrected chi connectivity index (χ4v) is 5.00. The number of rotatable bonds is 32. The Morgan fingerprint density at radius 3 is 1.65 bits per heavy atom. The maximum absolute atomic E-state index is 12.6. The molecule has 0 bridgehead atoms. The molecule has 2 atom stereocenters. The van der Waals surface area contributed by atoms with Gasteiger partial charge in [-0.25, -0.2) is 0 Å². The highest BCUT2D eigenvalue weighted by Crippen LogP contribution is 2.12. The van der Waals surface area contributed by atoms with Crippen LogP contribution in [0.3, 0.4) is 0 Å². The Kier molecular flexibility index (Phi) is 30.3. The maximum atomic E-state index is 12.6. The number of likely N-dealkylation sites (N-methyl/N-ethyl adjacent to an activating group) is 1. The highest BCUT2D eigenvalue weighted by Gasteiger charge is 2.25. The van der Waals surface area contributed by atoms with E-state index in [0.717, 1.165) is 51.4 Å². The van der Waals surface area contributed by atoms with Gasteiger partial charge in [-0.1, -0.05) is 126 Å². The molecule has 0 aliphatic heterocycles. The average molecular weight is 688 g/mol. The monoisotopic (exact) mass is 688 g/mol. The maximum Gasteiger partial charge on any atom is 0.306 e. The number of esters is 2. The molecule has 0 aromatic carbocycles. The molecule has 0 aromatic rings. The highest BCUT2D eigenvalue weighted by atomic mass is 16.6. The van der Waals surface area contributed by atoms with E-state index in [2.05, 4.69) is 62.5 Å². The number of carbonyl (C=O) groups excluding carboxylic acids is 3. The summed E-state index contributed by atoms with van der Waals surface area (Å²) in [7, 11) is 5.36. The normalized spacial score (nSPS) is 13.7. The number of quaternary nitrogens is 1. The van der Waals surface area contributed by atoms with Gasteiger partial charge in [0.15, 0.2) is 6.10 Å². The molecule has 0 saturated carbocycles. The standard InChI is InChI=1S/C41H69NO7/c1-6-8-10-12-14-16-17-18-19-20-21-22-24-26-28-30-32-40(44)49-37(35-47-34-33-38(41(45)46)42(3,4)5)36-48-39(43)31-29-27-25-23-15-13-11-9-7-2/h8,10,14,16,18-19,21-22,26,28,37-38H,6-7,9,11-13,15,17,20,23-25,27,29-36H2,1-5H3/b10-8+,16-14+,19-18+,22-21+,28-26+. The van der Waals surface area contributed by atoms with Crippen molar-refractivity contribution < 1.29 is 38.2 Å². The smallest absolute Gasteiger partial charge is 0.306 e. The zero-order valence-corrected chi connectivity index (χ0v) is 31.6. The first kappa shape index (κ1) is 46.0. The number of carboxylic acids is 1. The average Bonchev–Trinajstić information content (AvgIpc) is 3.05. The number of allylic oxidation sites excluding steroid dienone is 10. The Labute approximate surface area is 298 Å². The largest absolute Gasteiger partial charge is 0.544 e. The number of hydrogen-bond acceptors (Lipinski definition) is 7. The van der Waals surface area contributed by atoms with Crippen molar-refractivity contribution in [2.75, 3.05) is 41.0 Å². The molecule has 2 unspecified atom stereocenters. The van der Waals surface area contributed by atoms with Gasteiger partial charge in [0.25, 0.3) is 0 Å².